The van der Waals surface area contributed by atoms with Gasteiger partial charge in [0.15, 0.2) is 0 Å². The molecular weight excluding hydrogens is 271 g/mol. The van der Waals surface area contributed by atoms with Gasteiger partial charge in [0.2, 0.25) is 5.91 Å². The summed E-state index contributed by atoms with van der Waals surface area (Å²) in [7, 11) is 0. The molecule has 4 nitrogen and oxygen atoms in total. The molecule has 0 unspecified atom stereocenters. The van der Waals surface area contributed by atoms with Crippen molar-refractivity contribution in [1.82, 2.24) is 0 Å². The van der Waals surface area contributed by atoms with Crippen molar-refractivity contribution in [3.63, 3.8) is 0 Å². The maximum Gasteiger partial charge on any atom is 0.224 e. The third kappa shape index (κ3) is 4.48. The van der Waals surface area contributed by atoms with Gasteiger partial charge in [-0.25, -0.2) is 4.39 Å². The van der Waals surface area contributed by atoms with Crippen LogP contribution in [0, 0.1) is 17.7 Å². The van der Waals surface area contributed by atoms with E-state index in [1.807, 2.05) is 0 Å². The van der Waals surface area contributed by atoms with E-state index in [0.29, 0.717) is 12.0 Å². The average Bonchev–Trinajstić information content (AvgIpc) is 2.99. The minimum Gasteiger partial charge on any atom is -0.469 e. The number of aryl methyl sites for hydroxylation is 1. The van der Waals surface area contributed by atoms with Crippen LogP contribution >= 0.6 is 0 Å². The highest BCUT2D eigenvalue weighted by molar-refractivity contribution is 5.91. The van der Waals surface area contributed by atoms with Gasteiger partial charge in [-0.15, -0.1) is 0 Å². The highest BCUT2D eigenvalue weighted by atomic mass is 19.1. The molecule has 3 N–H and O–H groups in total. The largest absolute Gasteiger partial charge is 0.469 e. The van der Waals surface area contributed by atoms with E-state index >= 15 is 0 Å². The Morgan fingerprint density at radius 1 is 1.38 bits per heavy atom. The number of furan rings is 1. The number of nitrogens with two attached hydrogens (primary N) is 1. The van der Waals surface area contributed by atoms with Gasteiger partial charge in [-0.2, -0.15) is 0 Å². The summed E-state index contributed by atoms with van der Waals surface area (Å²) in [6.07, 6.45) is 2.25. The summed E-state index contributed by atoms with van der Waals surface area (Å²) in [6, 6.07) is 7.94. The van der Waals surface area contributed by atoms with E-state index in [9.17, 15) is 9.18 Å². The van der Waals surface area contributed by atoms with Crippen LogP contribution in [0.25, 0.3) is 0 Å². The van der Waals surface area contributed by atoms with Gasteiger partial charge in [-0.3, -0.25) is 4.79 Å². The van der Waals surface area contributed by atoms with Crippen molar-refractivity contribution < 1.29 is 13.6 Å². The Morgan fingerprint density at radius 2 is 2.24 bits per heavy atom. The van der Waals surface area contributed by atoms with Crippen LogP contribution in [0.1, 0.15) is 17.7 Å². The maximum atomic E-state index is 13.8. The molecule has 1 aromatic heterocycles. The SMILES string of the molecule is NCC#Cc1ccc(NC(=O)CCc2ccco2)c(F)c1. The normalized spacial score (nSPS) is 9.81. The molecule has 0 radical (unpaired) electrons. The molecule has 0 aliphatic heterocycles. The van der Waals surface area contributed by atoms with Crippen molar-refractivity contribution in [2.45, 2.75) is 12.8 Å². The van der Waals surface area contributed by atoms with Crippen molar-refractivity contribution in [1.29, 1.82) is 0 Å². The quantitative estimate of drug-likeness (QED) is 0.847. The number of amides is 1. The fourth-order valence-corrected chi connectivity index (χ4v) is 1.75. The van der Waals surface area contributed by atoms with E-state index in [2.05, 4.69) is 17.2 Å². The predicted molar refractivity (Wildman–Crippen MR) is 78.0 cm³/mol. The lowest BCUT2D eigenvalue weighted by molar-refractivity contribution is -0.116. The van der Waals surface area contributed by atoms with Crippen LogP contribution in [0.15, 0.2) is 41.0 Å². The number of nitrogens with one attached hydrogen (secondary N) is 1. The van der Waals surface area contributed by atoms with Crippen molar-refractivity contribution in [3.05, 3.63) is 53.7 Å². The number of carbonyl (C=O) groups excluding carboxylic acids is 1. The molecule has 21 heavy (non-hydrogen) atoms. The highest BCUT2D eigenvalue weighted by Gasteiger charge is 2.08. The number of benzene rings is 1. The summed E-state index contributed by atoms with van der Waals surface area (Å²) in [4.78, 5) is 11.8. The van der Waals surface area contributed by atoms with Crippen molar-refractivity contribution >= 4 is 11.6 Å². The van der Waals surface area contributed by atoms with E-state index in [4.69, 9.17) is 10.2 Å². The molecule has 1 aromatic carbocycles. The highest BCUT2D eigenvalue weighted by Crippen LogP contribution is 2.16. The minimum absolute atomic E-state index is 0.137. The second-order valence-electron chi connectivity index (χ2n) is 4.33. The molecule has 2 aromatic rings. The van der Waals surface area contributed by atoms with Crippen LogP contribution in [0.2, 0.25) is 0 Å². The Bertz CT molecular complexity index is 669. The van der Waals surface area contributed by atoms with Crippen LogP contribution in [-0.2, 0) is 11.2 Å². The monoisotopic (exact) mass is 286 g/mol. The first-order chi connectivity index (χ1) is 10.2. The second kappa shape index (κ2) is 7.27. The van der Waals surface area contributed by atoms with Crippen LogP contribution in [0.3, 0.4) is 0 Å². The van der Waals surface area contributed by atoms with Crippen LogP contribution < -0.4 is 11.1 Å². The topological polar surface area (TPSA) is 68.3 Å². The summed E-state index contributed by atoms with van der Waals surface area (Å²) < 4.78 is 19.0. The first-order valence-electron chi connectivity index (χ1n) is 6.50. The van der Waals surface area contributed by atoms with Gasteiger partial charge in [0.1, 0.15) is 11.6 Å². The summed E-state index contributed by atoms with van der Waals surface area (Å²) in [6.45, 7) is 0.215. The zero-order chi connectivity index (χ0) is 15.1. The molecular formula is C16H15FN2O2. The van der Waals surface area contributed by atoms with Gasteiger partial charge in [-0.1, -0.05) is 11.8 Å². The molecule has 0 aliphatic rings. The van der Waals surface area contributed by atoms with Crippen molar-refractivity contribution in [2.24, 2.45) is 5.73 Å². The Morgan fingerprint density at radius 3 is 2.90 bits per heavy atom. The van der Waals surface area contributed by atoms with Gasteiger partial charge in [0.05, 0.1) is 18.5 Å². The predicted octanol–water partition coefficient (Wildman–Crippen LogP) is 2.30. The third-order valence-corrected chi connectivity index (χ3v) is 2.76. The van der Waals surface area contributed by atoms with E-state index in [-0.39, 0.29) is 24.6 Å². The summed E-state index contributed by atoms with van der Waals surface area (Å²) in [5.74, 6) is 5.30. The Hall–Kier alpha value is -2.58. The number of hydrogen-bond donors (Lipinski definition) is 2. The van der Waals surface area contributed by atoms with Crippen molar-refractivity contribution in [2.75, 3.05) is 11.9 Å². The van der Waals surface area contributed by atoms with E-state index in [1.54, 1.807) is 24.5 Å². The van der Waals surface area contributed by atoms with Gasteiger partial charge < -0.3 is 15.5 Å². The average molecular weight is 286 g/mol. The first-order valence-corrected chi connectivity index (χ1v) is 6.50. The van der Waals surface area contributed by atoms with E-state index in [0.717, 1.165) is 5.76 Å². The standard InChI is InChI=1S/C16H15FN2O2/c17-14-11-12(3-1-9-18)5-7-15(14)19-16(20)8-6-13-4-2-10-21-13/h2,4-5,7,10-11H,6,8-9,18H2,(H,19,20). The molecule has 1 heterocycles. The second-order valence-corrected chi connectivity index (χ2v) is 4.33. The number of rotatable bonds is 4. The number of halogens is 1. The molecule has 2 rings (SSSR count). The maximum absolute atomic E-state index is 13.8. The molecule has 5 heteroatoms. The number of carbonyl (C=O) groups is 1. The fourth-order valence-electron chi connectivity index (χ4n) is 1.75. The molecule has 0 atom stereocenters. The summed E-state index contributed by atoms with van der Waals surface area (Å²) in [5.41, 5.74) is 5.91. The number of hydrogen-bond acceptors (Lipinski definition) is 3. The molecule has 0 saturated heterocycles. The van der Waals surface area contributed by atoms with Gasteiger partial charge in [0.25, 0.3) is 0 Å². The first kappa shape index (κ1) is 14.8. The molecule has 0 bridgehead atoms. The van der Waals surface area contributed by atoms with Crippen LogP contribution in [0.5, 0.6) is 0 Å². The number of anilines is 1. The fraction of sp³-hybridized carbons (Fsp3) is 0.188. The molecule has 0 saturated carbocycles. The van der Waals surface area contributed by atoms with Gasteiger partial charge >= 0.3 is 0 Å². The Labute approximate surface area is 122 Å². The lowest BCUT2D eigenvalue weighted by Gasteiger charge is -2.06. The Balaban J connectivity index is 1.94. The summed E-state index contributed by atoms with van der Waals surface area (Å²) in [5, 5.41) is 2.53. The van der Waals surface area contributed by atoms with Crippen LogP contribution in [-0.4, -0.2) is 12.5 Å². The molecule has 0 spiro atoms. The molecule has 0 fully saturated rings. The van der Waals surface area contributed by atoms with Crippen LogP contribution in [0.4, 0.5) is 10.1 Å². The lowest BCUT2D eigenvalue weighted by atomic mass is 10.2. The molecule has 108 valence electrons. The lowest BCUT2D eigenvalue weighted by Crippen LogP contribution is -2.13. The zero-order valence-electron chi connectivity index (χ0n) is 11.4. The summed E-state index contributed by atoms with van der Waals surface area (Å²) >= 11 is 0. The molecule has 0 aliphatic carbocycles. The zero-order valence-corrected chi connectivity index (χ0v) is 11.4. The van der Waals surface area contributed by atoms with Gasteiger partial charge in [0, 0.05) is 18.4 Å². The van der Waals surface area contributed by atoms with Crippen molar-refractivity contribution in [3.8, 4) is 11.8 Å². The third-order valence-electron chi connectivity index (χ3n) is 2.76. The smallest absolute Gasteiger partial charge is 0.224 e. The van der Waals surface area contributed by atoms with E-state index < -0.39 is 5.82 Å². The van der Waals surface area contributed by atoms with Gasteiger partial charge in [-0.05, 0) is 30.3 Å². The Kier molecular flexibility index (Phi) is 5.13. The minimum atomic E-state index is -0.523. The van der Waals surface area contributed by atoms with E-state index in [1.165, 1.54) is 12.1 Å². The molecule has 1 amide bonds.